The monoisotopic (exact) mass is 460 g/mol. The molecule has 3 rings (SSSR count). The Labute approximate surface area is 203 Å². The molecule has 0 N–H and O–H groups in total. The molecule has 0 radical (unpaired) electrons. The van der Waals surface area contributed by atoms with E-state index in [-0.39, 0.29) is 17.4 Å². The summed E-state index contributed by atoms with van der Waals surface area (Å²) in [6.07, 6.45) is 0. The topological polar surface area (TPSA) is 44.8 Å². The van der Waals surface area contributed by atoms with E-state index in [1.165, 1.54) is 11.1 Å². The maximum Gasteiger partial charge on any atom is 0.344 e. The number of rotatable bonds is 7. The fourth-order valence-corrected chi connectivity index (χ4v) is 3.54. The van der Waals surface area contributed by atoms with Crippen LogP contribution >= 0.6 is 0 Å². The number of carbonyl (C=O) groups is 1. The molecule has 0 spiro atoms. The van der Waals surface area contributed by atoms with Crippen molar-refractivity contribution < 1.29 is 19.0 Å². The lowest BCUT2D eigenvalue weighted by atomic mass is 9.86. The second kappa shape index (κ2) is 10.3. The molecule has 0 unspecified atom stereocenters. The Balaban J connectivity index is 1.91. The van der Waals surface area contributed by atoms with Gasteiger partial charge in [0.15, 0.2) is 18.1 Å². The van der Waals surface area contributed by atoms with Gasteiger partial charge in [0, 0.05) is 0 Å². The van der Waals surface area contributed by atoms with Gasteiger partial charge in [0.25, 0.3) is 0 Å². The van der Waals surface area contributed by atoms with Gasteiger partial charge in [-0.15, -0.1) is 0 Å². The van der Waals surface area contributed by atoms with Crippen molar-refractivity contribution in [3.8, 4) is 28.4 Å². The first-order valence-corrected chi connectivity index (χ1v) is 11.8. The molecule has 0 aromatic heterocycles. The lowest BCUT2D eigenvalue weighted by molar-refractivity contribution is -0.145. The van der Waals surface area contributed by atoms with Gasteiger partial charge in [-0.05, 0) is 64.3 Å². The minimum absolute atomic E-state index is 0.0611. The van der Waals surface area contributed by atoms with Crippen LogP contribution in [0.1, 0.15) is 59.6 Å². The minimum atomic E-state index is -0.412. The number of hydrogen-bond acceptors (Lipinski definition) is 4. The normalized spacial score (nSPS) is 11.7. The van der Waals surface area contributed by atoms with Gasteiger partial charge in [0.1, 0.15) is 5.75 Å². The molecule has 0 aliphatic heterocycles. The summed E-state index contributed by atoms with van der Waals surface area (Å²) < 4.78 is 17.0. The van der Waals surface area contributed by atoms with Crippen LogP contribution in [0.15, 0.2) is 66.7 Å². The number of hydrogen-bond donors (Lipinski definition) is 0. The summed E-state index contributed by atoms with van der Waals surface area (Å²) in [7, 11) is 0. The molecule has 0 fully saturated rings. The van der Waals surface area contributed by atoms with Crippen LogP contribution in [-0.2, 0) is 20.4 Å². The summed E-state index contributed by atoms with van der Waals surface area (Å²) in [5.74, 6) is 1.33. The number of benzene rings is 3. The number of esters is 1. The fraction of sp³-hybridized carbons (Fsp3) is 0.367. The van der Waals surface area contributed by atoms with Crippen LogP contribution < -0.4 is 9.47 Å². The van der Waals surface area contributed by atoms with Crippen LogP contribution in [0, 0.1) is 0 Å². The maximum absolute atomic E-state index is 11.8. The van der Waals surface area contributed by atoms with E-state index in [2.05, 4.69) is 77.9 Å². The van der Waals surface area contributed by atoms with Crippen LogP contribution in [0.2, 0.25) is 0 Å². The van der Waals surface area contributed by atoms with E-state index in [0.29, 0.717) is 23.9 Å². The van der Waals surface area contributed by atoms with Gasteiger partial charge < -0.3 is 14.2 Å². The van der Waals surface area contributed by atoms with Crippen molar-refractivity contribution in [2.75, 3.05) is 13.2 Å². The summed E-state index contributed by atoms with van der Waals surface area (Å²) in [4.78, 5) is 11.8. The lowest BCUT2D eigenvalue weighted by Gasteiger charge is -2.20. The zero-order valence-corrected chi connectivity index (χ0v) is 21.4. The highest BCUT2D eigenvalue weighted by atomic mass is 16.6. The summed E-state index contributed by atoms with van der Waals surface area (Å²) >= 11 is 0. The van der Waals surface area contributed by atoms with Gasteiger partial charge in [-0.2, -0.15) is 0 Å². The molecule has 0 atom stereocenters. The highest BCUT2D eigenvalue weighted by molar-refractivity contribution is 5.72. The molecule has 0 saturated carbocycles. The van der Waals surface area contributed by atoms with E-state index in [1.807, 2.05) is 30.3 Å². The Kier molecular flexibility index (Phi) is 7.71. The molecule has 3 aromatic carbocycles. The average molecular weight is 461 g/mol. The van der Waals surface area contributed by atoms with Crippen LogP contribution in [0.5, 0.6) is 17.2 Å². The van der Waals surface area contributed by atoms with Crippen LogP contribution in [0.25, 0.3) is 11.1 Å². The van der Waals surface area contributed by atoms with Crippen molar-refractivity contribution in [2.24, 2.45) is 0 Å². The maximum atomic E-state index is 11.8. The van der Waals surface area contributed by atoms with Gasteiger partial charge in [0.05, 0.1) is 6.61 Å². The molecule has 0 aliphatic rings. The Bertz CT molecular complexity index is 1100. The second-order valence-corrected chi connectivity index (χ2v) is 10.5. The molecule has 0 heterocycles. The molecule has 3 aromatic rings. The first-order chi connectivity index (χ1) is 16.0. The van der Waals surface area contributed by atoms with Gasteiger partial charge in [-0.3, -0.25) is 0 Å². The number of ether oxygens (including phenoxy) is 3. The molecule has 4 heteroatoms. The molecule has 0 aliphatic carbocycles. The summed E-state index contributed by atoms with van der Waals surface area (Å²) in [6.45, 7) is 15.1. The van der Waals surface area contributed by atoms with Crippen molar-refractivity contribution >= 4 is 5.97 Å². The molecule has 0 saturated heterocycles. The van der Waals surface area contributed by atoms with Gasteiger partial charge in [0.2, 0.25) is 0 Å². The zero-order chi connectivity index (χ0) is 24.9. The lowest BCUT2D eigenvalue weighted by Crippen LogP contribution is -2.14. The van der Waals surface area contributed by atoms with Crippen molar-refractivity contribution in [1.29, 1.82) is 0 Å². The van der Waals surface area contributed by atoms with Crippen LogP contribution in [0.3, 0.4) is 0 Å². The standard InChI is InChI=1S/C30H36O4/c1-8-32-28(31)20-33-26-18-11-22(21-9-12-23(13-10-21)29(2,3)4)19-27(26)34-25-16-14-24(15-17-25)30(5,6)7/h9-19H,8,20H2,1-7H3. The first kappa shape index (κ1) is 25.4. The highest BCUT2D eigenvalue weighted by Crippen LogP contribution is 2.37. The first-order valence-electron chi connectivity index (χ1n) is 11.8. The van der Waals surface area contributed by atoms with E-state index >= 15 is 0 Å². The van der Waals surface area contributed by atoms with Crippen molar-refractivity contribution in [3.63, 3.8) is 0 Å². The quantitative estimate of drug-likeness (QED) is 0.339. The van der Waals surface area contributed by atoms with Crippen molar-refractivity contribution in [1.82, 2.24) is 0 Å². The second-order valence-electron chi connectivity index (χ2n) is 10.5. The average Bonchev–Trinajstić information content (AvgIpc) is 2.78. The smallest absolute Gasteiger partial charge is 0.344 e. The summed E-state index contributed by atoms with van der Waals surface area (Å²) in [5, 5.41) is 0. The molecular formula is C30H36O4. The molecule has 4 nitrogen and oxygen atoms in total. The summed E-state index contributed by atoms with van der Waals surface area (Å²) in [5.41, 5.74) is 4.75. The molecule has 180 valence electrons. The number of carbonyl (C=O) groups excluding carboxylic acids is 1. The summed E-state index contributed by atoms with van der Waals surface area (Å²) in [6, 6.07) is 22.4. The van der Waals surface area contributed by atoms with Crippen LogP contribution in [-0.4, -0.2) is 19.2 Å². The zero-order valence-electron chi connectivity index (χ0n) is 21.4. The van der Waals surface area contributed by atoms with Crippen molar-refractivity contribution in [3.05, 3.63) is 77.9 Å². The third-order valence-corrected chi connectivity index (χ3v) is 5.63. The Morgan fingerprint density at radius 1 is 0.706 bits per heavy atom. The van der Waals surface area contributed by atoms with Crippen molar-refractivity contribution in [2.45, 2.75) is 59.3 Å². The Hall–Kier alpha value is -3.27. The molecule has 34 heavy (non-hydrogen) atoms. The van der Waals surface area contributed by atoms with Gasteiger partial charge in [-0.25, -0.2) is 4.79 Å². The highest BCUT2D eigenvalue weighted by Gasteiger charge is 2.16. The van der Waals surface area contributed by atoms with E-state index in [0.717, 1.165) is 11.1 Å². The predicted molar refractivity (Wildman–Crippen MR) is 138 cm³/mol. The van der Waals surface area contributed by atoms with Crippen LogP contribution in [0.4, 0.5) is 0 Å². The molecule has 0 amide bonds. The Morgan fingerprint density at radius 2 is 1.24 bits per heavy atom. The Morgan fingerprint density at radius 3 is 1.76 bits per heavy atom. The van der Waals surface area contributed by atoms with E-state index in [1.54, 1.807) is 6.92 Å². The SMILES string of the molecule is CCOC(=O)COc1ccc(-c2ccc(C(C)(C)C)cc2)cc1Oc1ccc(C(C)(C)C)cc1. The fourth-order valence-electron chi connectivity index (χ4n) is 3.54. The van der Waals surface area contributed by atoms with E-state index in [9.17, 15) is 4.79 Å². The third kappa shape index (κ3) is 6.63. The van der Waals surface area contributed by atoms with E-state index in [4.69, 9.17) is 14.2 Å². The van der Waals surface area contributed by atoms with Gasteiger partial charge >= 0.3 is 5.97 Å². The molecule has 0 bridgehead atoms. The third-order valence-electron chi connectivity index (χ3n) is 5.63. The van der Waals surface area contributed by atoms with E-state index < -0.39 is 5.97 Å². The largest absolute Gasteiger partial charge is 0.478 e. The minimum Gasteiger partial charge on any atom is -0.478 e. The molecular weight excluding hydrogens is 424 g/mol. The predicted octanol–water partition coefficient (Wildman–Crippen LogP) is 7.68. The van der Waals surface area contributed by atoms with Gasteiger partial charge in [-0.1, -0.05) is 84.0 Å².